The first-order valence-corrected chi connectivity index (χ1v) is 12.3. The van der Waals surface area contributed by atoms with Crippen molar-refractivity contribution in [3.05, 3.63) is 83.7 Å². The van der Waals surface area contributed by atoms with Crippen molar-refractivity contribution in [1.29, 1.82) is 0 Å². The van der Waals surface area contributed by atoms with Crippen molar-refractivity contribution >= 4 is 35.4 Å². The number of rotatable bonds is 6. The van der Waals surface area contributed by atoms with Crippen LogP contribution in [0.3, 0.4) is 0 Å². The number of benzene rings is 2. The summed E-state index contributed by atoms with van der Waals surface area (Å²) < 4.78 is 5.54. The molecule has 2 heterocycles. The van der Waals surface area contributed by atoms with Gasteiger partial charge in [0.25, 0.3) is 0 Å². The minimum atomic E-state index is -1.00. The molecule has 0 spiro atoms. The highest BCUT2D eigenvalue weighted by molar-refractivity contribution is 7.99. The number of nitrogens with zero attached hydrogens (tertiary/aromatic N) is 2. The predicted octanol–water partition coefficient (Wildman–Crippen LogP) is 3.97. The van der Waals surface area contributed by atoms with Gasteiger partial charge in [-0.1, -0.05) is 48.5 Å². The highest BCUT2D eigenvalue weighted by atomic mass is 32.2. The van der Waals surface area contributed by atoms with Crippen LogP contribution >= 0.6 is 11.8 Å². The number of amides is 2. The molecule has 2 aliphatic rings. The summed E-state index contributed by atoms with van der Waals surface area (Å²) in [7, 11) is 0. The lowest BCUT2D eigenvalue weighted by molar-refractivity contribution is -0.147. The Morgan fingerprint density at radius 3 is 2.34 bits per heavy atom. The number of carbonyl (C=O) groups excluding carboxylic acids is 2. The molecule has 2 aromatic carbocycles. The number of ether oxygens (including phenoxy) is 1. The van der Waals surface area contributed by atoms with E-state index in [0.29, 0.717) is 23.0 Å². The quantitative estimate of drug-likeness (QED) is 0.539. The topological polar surface area (TPSA) is 109 Å². The smallest absolute Gasteiger partial charge is 0.411 e. The number of pyridine rings is 1. The molecule has 1 atom stereocenters. The third-order valence-electron chi connectivity index (χ3n) is 6.23. The maximum atomic E-state index is 12.5. The summed E-state index contributed by atoms with van der Waals surface area (Å²) in [5.74, 6) is -0.571. The first-order valence-electron chi connectivity index (χ1n) is 11.2. The van der Waals surface area contributed by atoms with Crippen LogP contribution in [0.4, 0.5) is 10.5 Å². The van der Waals surface area contributed by atoms with Crippen molar-refractivity contribution in [2.75, 3.05) is 23.6 Å². The first-order chi connectivity index (χ1) is 17.0. The zero-order valence-corrected chi connectivity index (χ0v) is 19.5. The van der Waals surface area contributed by atoms with Crippen molar-refractivity contribution in [3.63, 3.8) is 0 Å². The van der Waals surface area contributed by atoms with E-state index < -0.39 is 18.1 Å². The third-order valence-corrected chi connectivity index (χ3v) is 7.25. The molecule has 8 nitrogen and oxygen atoms in total. The zero-order valence-electron chi connectivity index (χ0n) is 18.7. The normalized spacial score (nSPS) is 16.5. The number of aliphatic carboxylic acids is 1. The van der Waals surface area contributed by atoms with E-state index in [0.717, 1.165) is 22.3 Å². The molecule has 1 unspecified atom stereocenters. The van der Waals surface area contributed by atoms with Gasteiger partial charge in [0.05, 0.1) is 24.2 Å². The van der Waals surface area contributed by atoms with E-state index in [1.54, 1.807) is 12.1 Å². The van der Waals surface area contributed by atoms with Crippen molar-refractivity contribution in [3.8, 4) is 11.1 Å². The number of aromatic nitrogens is 1. The van der Waals surface area contributed by atoms with Crippen molar-refractivity contribution in [2.24, 2.45) is 0 Å². The largest absolute Gasteiger partial charge is 0.480 e. The lowest BCUT2D eigenvalue weighted by Crippen LogP contribution is -2.42. The van der Waals surface area contributed by atoms with Crippen LogP contribution in [0.2, 0.25) is 0 Å². The molecule has 1 fully saturated rings. The number of nitrogens with one attached hydrogen (secondary N) is 1. The van der Waals surface area contributed by atoms with Gasteiger partial charge in [-0.25, -0.2) is 9.59 Å². The van der Waals surface area contributed by atoms with E-state index in [1.807, 2.05) is 24.3 Å². The monoisotopic (exact) mass is 489 g/mol. The summed E-state index contributed by atoms with van der Waals surface area (Å²) in [6.07, 6.45) is 0.864. The number of fused-ring (bicyclic) bond motifs is 3. The van der Waals surface area contributed by atoms with E-state index in [2.05, 4.69) is 34.6 Å². The molecule has 0 saturated carbocycles. The van der Waals surface area contributed by atoms with Crippen LogP contribution in [0.25, 0.3) is 11.1 Å². The van der Waals surface area contributed by atoms with Crippen molar-refractivity contribution in [2.45, 2.75) is 18.4 Å². The SMILES string of the molecule is O=C(Nc1ccc(CC(=O)N2CSCC2C(=O)O)nc1)OCC1c2ccccc2-c2ccccc21. The Morgan fingerprint density at radius 2 is 1.71 bits per heavy atom. The van der Waals surface area contributed by atoms with Gasteiger partial charge in [-0.3, -0.25) is 15.1 Å². The fraction of sp³-hybridized carbons (Fsp3) is 0.231. The molecule has 1 saturated heterocycles. The van der Waals surface area contributed by atoms with Crippen molar-refractivity contribution < 1.29 is 24.2 Å². The summed E-state index contributed by atoms with van der Waals surface area (Å²) in [5, 5.41) is 11.9. The number of anilines is 1. The molecule has 2 amide bonds. The van der Waals surface area contributed by atoms with Gasteiger partial charge in [0.1, 0.15) is 12.6 Å². The average molecular weight is 490 g/mol. The standard InChI is InChI=1S/C26H23N3O5S/c30-24(29-15-35-14-23(29)25(31)32)11-16-9-10-17(12-27-16)28-26(33)34-13-22-20-7-3-1-5-18(20)19-6-2-4-8-21(19)22/h1-10,12,22-23H,11,13-15H2,(H,28,33)(H,31,32). The Kier molecular flexibility index (Phi) is 6.41. The van der Waals surface area contributed by atoms with Crippen LogP contribution in [0.15, 0.2) is 66.9 Å². The van der Waals surface area contributed by atoms with E-state index in [-0.39, 0.29) is 24.9 Å². The Bertz CT molecular complexity index is 1230. The predicted molar refractivity (Wildman–Crippen MR) is 132 cm³/mol. The second-order valence-electron chi connectivity index (χ2n) is 8.38. The van der Waals surface area contributed by atoms with Gasteiger partial charge in [-0.05, 0) is 34.4 Å². The van der Waals surface area contributed by atoms with Gasteiger partial charge in [0.15, 0.2) is 0 Å². The number of carboxylic acids is 1. The second-order valence-corrected chi connectivity index (χ2v) is 9.38. The lowest BCUT2D eigenvalue weighted by atomic mass is 9.98. The number of carboxylic acid groups (broad SMARTS) is 1. The van der Waals surface area contributed by atoms with Crippen LogP contribution in [0.1, 0.15) is 22.7 Å². The van der Waals surface area contributed by atoms with Gasteiger partial charge in [0.2, 0.25) is 5.91 Å². The fourth-order valence-corrected chi connectivity index (χ4v) is 5.68. The molecular weight excluding hydrogens is 466 g/mol. The van der Waals surface area contributed by atoms with Gasteiger partial charge < -0.3 is 14.7 Å². The van der Waals surface area contributed by atoms with Crippen LogP contribution < -0.4 is 5.32 Å². The average Bonchev–Trinajstić information content (AvgIpc) is 3.48. The molecule has 2 N–H and O–H groups in total. The summed E-state index contributed by atoms with van der Waals surface area (Å²) in [5.41, 5.74) is 5.53. The maximum absolute atomic E-state index is 12.5. The van der Waals surface area contributed by atoms with E-state index in [1.165, 1.54) is 22.9 Å². The molecule has 178 valence electrons. The van der Waals surface area contributed by atoms with Gasteiger partial charge in [0, 0.05) is 17.4 Å². The molecule has 3 aromatic rings. The van der Waals surface area contributed by atoms with Crippen LogP contribution in [0.5, 0.6) is 0 Å². The highest BCUT2D eigenvalue weighted by Crippen LogP contribution is 2.44. The number of carbonyl (C=O) groups is 3. The summed E-state index contributed by atoms with van der Waals surface area (Å²) in [6, 6.07) is 18.7. The molecule has 5 rings (SSSR count). The molecule has 1 aliphatic carbocycles. The second kappa shape index (κ2) is 9.79. The van der Waals surface area contributed by atoms with Gasteiger partial charge >= 0.3 is 12.1 Å². The molecule has 9 heteroatoms. The summed E-state index contributed by atoms with van der Waals surface area (Å²) in [4.78, 5) is 41.8. The van der Waals surface area contributed by atoms with Gasteiger partial charge in [-0.2, -0.15) is 0 Å². The Morgan fingerprint density at radius 1 is 1.03 bits per heavy atom. The Labute approximate surface area is 206 Å². The van der Waals surface area contributed by atoms with Gasteiger partial charge in [-0.15, -0.1) is 11.8 Å². The van der Waals surface area contributed by atoms with Crippen LogP contribution in [0, 0.1) is 0 Å². The Hall–Kier alpha value is -3.85. The molecule has 0 radical (unpaired) electrons. The van der Waals surface area contributed by atoms with E-state index in [9.17, 15) is 19.5 Å². The number of hydrogen-bond donors (Lipinski definition) is 2. The number of thioether (sulfide) groups is 1. The van der Waals surface area contributed by atoms with Crippen molar-refractivity contribution in [1.82, 2.24) is 9.88 Å². The van der Waals surface area contributed by atoms with E-state index >= 15 is 0 Å². The molecule has 0 bridgehead atoms. The molecule has 35 heavy (non-hydrogen) atoms. The minimum absolute atomic E-state index is 0.00440. The maximum Gasteiger partial charge on any atom is 0.411 e. The zero-order chi connectivity index (χ0) is 24.4. The van der Waals surface area contributed by atoms with Crippen LogP contribution in [-0.4, -0.2) is 57.2 Å². The van der Waals surface area contributed by atoms with Crippen LogP contribution in [-0.2, 0) is 20.7 Å². The lowest BCUT2D eigenvalue weighted by Gasteiger charge is -2.20. The fourth-order valence-electron chi connectivity index (χ4n) is 4.50. The molecule has 1 aliphatic heterocycles. The van der Waals surface area contributed by atoms with E-state index in [4.69, 9.17) is 4.74 Å². The summed E-state index contributed by atoms with van der Waals surface area (Å²) in [6.45, 7) is 0.207. The number of hydrogen-bond acceptors (Lipinski definition) is 6. The minimum Gasteiger partial charge on any atom is -0.480 e. The molecule has 1 aromatic heterocycles. The first kappa shape index (κ1) is 22.9. The summed E-state index contributed by atoms with van der Waals surface area (Å²) >= 11 is 1.42. The third kappa shape index (κ3) is 4.72. The highest BCUT2D eigenvalue weighted by Gasteiger charge is 2.34. The Balaban J connectivity index is 1.17. The molecular formula is C26H23N3O5S.